The van der Waals surface area contributed by atoms with Gasteiger partial charge in [0, 0.05) is 55.9 Å². The molecule has 10 nitrogen and oxygen atoms in total. The molecule has 206 valence electrons. The molecule has 40 heavy (non-hydrogen) atoms. The summed E-state index contributed by atoms with van der Waals surface area (Å²) in [6.45, 7) is 0.921. The van der Waals surface area contributed by atoms with E-state index >= 15 is 0 Å². The van der Waals surface area contributed by atoms with E-state index in [0.717, 1.165) is 22.6 Å². The molecular formula is C28H26F2N6O4. The van der Waals surface area contributed by atoms with Crippen LogP contribution in [0.15, 0.2) is 68.4 Å². The first-order valence-corrected chi connectivity index (χ1v) is 12.9. The highest BCUT2D eigenvalue weighted by molar-refractivity contribution is 6.24. The molecule has 0 bridgehead atoms. The molecule has 1 aliphatic carbocycles. The molecule has 3 aromatic rings. The van der Waals surface area contributed by atoms with E-state index in [1.54, 1.807) is 19.2 Å². The van der Waals surface area contributed by atoms with Crippen molar-refractivity contribution in [1.29, 1.82) is 0 Å². The van der Waals surface area contributed by atoms with Crippen molar-refractivity contribution in [3.8, 4) is 0 Å². The van der Waals surface area contributed by atoms with Crippen LogP contribution >= 0.6 is 0 Å². The van der Waals surface area contributed by atoms with E-state index in [4.69, 9.17) is 19.0 Å². The molecule has 1 saturated carbocycles. The summed E-state index contributed by atoms with van der Waals surface area (Å²) in [5.41, 5.74) is 4.72. The van der Waals surface area contributed by atoms with Gasteiger partial charge in [-0.25, -0.2) is 8.78 Å². The summed E-state index contributed by atoms with van der Waals surface area (Å²) in [5.74, 6) is -2.14. The zero-order valence-corrected chi connectivity index (χ0v) is 21.6. The lowest BCUT2D eigenvalue weighted by molar-refractivity contribution is -0.0901. The molecule has 2 aromatic heterocycles. The van der Waals surface area contributed by atoms with Gasteiger partial charge < -0.3 is 19.3 Å². The lowest BCUT2D eigenvalue weighted by Crippen LogP contribution is -2.50. The molecule has 1 unspecified atom stereocenters. The number of aliphatic imine (C=N–C) groups is 1. The highest BCUT2D eigenvalue weighted by atomic mass is 19.3. The molecule has 1 amide bonds. The fraction of sp³-hybridized carbons (Fsp3) is 0.357. The number of nitrogens with zero attached hydrogens (tertiary/aromatic N) is 5. The van der Waals surface area contributed by atoms with Crippen molar-refractivity contribution in [1.82, 2.24) is 15.5 Å². The molecule has 1 fully saturated rings. The lowest BCUT2D eigenvalue weighted by Gasteiger charge is -2.35. The second-order valence-corrected chi connectivity index (χ2v) is 9.92. The molecule has 0 spiro atoms. The Morgan fingerprint density at radius 1 is 1.10 bits per heavy atom. The van der Waals surface area contributed by atoms with Crippen LogP contribution in [0, 0.1) is 5.92 Å². The van der Waals surface area contributed by atoms with Crippen molar-refractivity contribution < 1.29 is 27.6 Å². The number of rotatable bonds is 7. The second-order valence-electron chi connectivity index (χ2n) is 9.92. The van der Waals surface area contributed by atoms with Crippen LogP contribution in [0.4, 0.5) is 8.78 Å². The average molecular weight is 549 g/mol. The van der Waals surface area contributed by atoms with E-state index in [1.807, 2.05) is 30.3 Å². The summed E-state index contributed by atoms with van der Waals surface area (Å²) in [6, 6.07) is 12.3. The maximum atomic E-state index is 13.0. The van der Waals surface area contributed by atoms with Gasteiger partial charge in [0.15, 0.2) is 5.76 Å². The molecule has 1 aromatic carbocycles. The summed E-state index contributed by atoms with van der Waals surface area (Å²) in [5, 5.41) is 15.7. The van der Waals surface area contributed by atoms with Crippen molar-refractivity contribution in [2.75, 3.05) is 13.7 Å². The molecule has 0 saturated heterocycles. The minimum Gasteiger partial charge on any atom is -0.471 e. The molecule has 2 aliphatic heterocycles. The second kappa shape index (κ2) is 10.7. The van der Waals surface area contributed by atoms with Gasteiger partial charge in [0.2, 0.25) is 5.90 Å². The Hall–Kier alpha value is -4.32. The zero-order chi connectivity index (χ0) is 27.7. The normalized spacial score (nSPS) is 19.7. The third-order valence-electron chi connectivity index (χ3n) is 7.01. The van der Waals surface area contributed by atoms with Crippen molar-refractivity contribution in [3.05, 3.63) is 82.5 Å². The van der Waals surface area contributed by atoms with Crippen molar-refractivity contribution >= 4 is 23.2 Å². The van der Waals surface area contributed by atoms with Gasteiger partial charge in [-0.05, 0) is 24.6 Å². The van der Waals surface area contributed by atoms with E-state index < -0.39 is 17.9 Å². The van der Waals surface area contributed by atoms with Crippen LogP contribution in [-0.2, 0) is 22.7 Å². The van der Waals surface area contributed by atoms with Gasteiger partial charge in [-0.1, -0.05) is 23.4 Å². The van der Waals surface area contributed by atoms with Gasteiger partial charge in [0.05, 0.1) is 22.9 Å². The average Bonchev–Trinajstić information content (AvgIpc) is 3.56. The molecular weight excluding hydrogens is 522 g/mol. The van der Waals surface area contributed by atoms with Crippen molar-refractivity contribution in [2.45, 2.75) is 44.4 Å². The number of hydrogen-bond acceptors (Lipinski definition) is 9. The summed E-state index contributed by atoms with van der Waals surface area (Å²) in [6.07, 6.45) is 1.40. The number of fused-ring (bicyclic) bond motifs is 3. The number of methoxy groups -OCH3 is 1. The maximum absolute atomic E-state index is 13.0. The topological polar surface area (TPSA) is 124 Å². The minimum atomic E-state index is -2.69. The quantitative estimate of drug-likeness (QED) is 0.477. The third-order valence-corrected chi connectivity index (χ3v) is 7.01. The number of ether oxygens (including phenoxy) is 2. The van der Waals surface area contributed by atoms with Crippen LogP contribution in [0.1, 0.15) is 57.9 Å². The number of benzene rings is 1. The van der Waals surface area contributed by atoms with Crippen LogP contribution in [0.3, 0.4) is 0 Å². The van der Waals surface area contributed by atoms with E-state index in [-0.39, 0.29) is 25.4 Å². The van der Waals surface area contributed by atoms with E-state index in [2.05, 4.69) is 25.7 Å². The highest BCUT2D eigenvalue weighted by Crippen LogP contribution is 2.37. The van der Waals surface area contributed by atoms with Crippen LogP contribution in [0.5, 0.6) is 0 Å². The smallest absolute Gasteiger partial charge is 0.253 e. The monoisotopic (exact) mass is 548 g/mol. The summed E-state index contributed by atoms with van der Waals surface area (Å²) >= 11 is 0. The number of alkyl halides is 2. The summed E-state index contributed by atoms with van der Waals surface area (Å²) < 4.78 is 42.7. The number of halogens is 2. The molecule has 6 rings (SSSR count). The summed E-state index contributed by atoms with van der Waals surface area (Å²) in [7, 11) is 1.59. The Morgan fingerprint density at radius 3 is 2.65 bits per heavy atom. The molecule has 12 heteroatoms. The fourth-order valence-corrected chi connectivity index (χ4v) is 4.98. The number of pyridine rings is 1. The predicted octanol–water partition coefficient (Wildman–Crippen LogP) is 3.93. The standard InChI is InChI=1S/C28H26F2N6O4/c1-38-15-19-10-23(36-40-19)25-22-8-9-31-27(21-5-3-2-4-20(21)24(22)34-35-25)39-14-17-7-6-16(13-32-17)26(37)33-18-11-28(29,30)12-18/h2-7,10,13,18,22H,8-9,11-12,14-15H2,1H3,(H,33,37). The van der Waals surface area contributed by atoms with Crippen LogP contribution in [0.25, 0.3) is 0 Å². The van der Waals surface area contributed by atoms with Gasteiger partial charge in [0.1, 0.15) is 24.6 Å². The number of carbonyl (C=O) groups is 1. The Labute approximate surface area is 228 Å². The van der Waals surface area contributed by atoms with Gasteiger partial charge in [-0.2, -0.15) is 10.2 Å². The van der Waals surface area contributed by atoms with Crippen LogP contribution < -0.4 is 5.32 Å². The first kappa shape index (κ1) is 25.9. The van der Waals surface area contributed by atoms with Gasteiger partial charge >= 0.3 is 0 Å². The number of aromatic nitrogens is 2. The van der Waals surface area contributed by atoms with Crippen molar-refractivity contribution in [3.63, 3.8) is 0 Å². The molecule has 1 atom stereocenters. The Bertz CT molecular complexity index is 1510. The van der Waals surface area contributed by atoms with E-state index in [0.29, 0.717) is 48.2 Å². The number of amides is 1. The largest absolute Gasteiger partial charge is 0.471 e. The molecule has 1 N–H and O–H groups in total. The van der Waals surface area contributed by atoms with E-state index in [1.165, 1.54) is 6.20 Å². The summed E-state index contributed by atoms with van der Waals surface area (Å²) in [4.78, 5) is 21.4. The van der Waals surface area contributed by atoms with Crippen LogP contribution in [0.2, 0.25) is 0 Å². The molecule has 0 radical (unpaired) electrons. The predicted molar refractivity (Wildman–Crippen MR) is 141 cm³/mol. The zero-order valence-electron chi connectivity index (χ0n) is 21.6. The fourth-order valence-electron chi connectivity index (χ4n) is 4.98. The van der Waals surface area contributed by atoms with Crippen molar-refractivity contribution in [2.24, 2.45) is 21.1 Å². The Balaban J connectivity index is 1.13. The molecule has 4 heterocycles. The van der Waals surface area contributed by atoms with Gasteiger partial charge in [-0.15, -0.1) is 0 Å². The maximum Gasteiger partial charge on any atom is 0.253 e. The first-order valence-electron chi connectivity index (χ1n) is 12.9. The SMILES string of the molecule is COCc1cc(C2=NN=C3c4ccccc4C(OCc4ccc(C(=O)NC5CC(F)(F)C5)cn4)=NCCC23)no1. The molecule has 3 aliphatic rings. The Kier molecular flexibility index (Phi) is 6.93. The third kappa shape index (κ3) is 5.26. The van der Waals surface area contributed by atoms with Gasteiger partial charge in [-0.3, -0.25) is 14.8 Å². The minimum absolute atomic E-state index is 0.0986. The number of carbonyl (C=O) groups excluding carboxylic acids is 1. The van der Waals surface area contributed by atoms with Crippen LogP contribution in [-0.4, -0.2) is 59.0 Å². The Morgan fingerprint density at radius 2 is 1.90 bits per heavy atom. The van der Waals surface area contributed by atoms with Gasteiger partial charge in [0.25, 0.3) is 11.8 Å². The number of hydrogen-bond donors (Lipinski definition) is 1. The number of nitrogens with one attached hydrogen (secondary N) is 1. The lowest BCUT2D eigenvalue weighted by atomic mass is 9.86. The van der Waals surface area contributed by atoms with E-state index in [9.17, 15) is 13.6 Å². The first-order chi connectivity index (χ1) is 19.4. The highest BCUT2D eigenvalue weighted by Gasteiger charge is 2.46.